The smallest absolute Gasteiger partial charge is 0.348 e. The van der Waals surface area contributed by atoms with Crippen molar-refractivity contribution in [3.8, 4) is 0 Å². The Hall–Kier alpha value is -1.19. The highest BCUT2D eigenvalue weighted by Crippen LogP contribution is 2.38. The zero-order valence-corrected chi connectivity index (χ0v) is 11.3. The summed E-state index contributed by atoms with van der Waals surface area (Å²) in [5.74, 6) is -0.954. The lowest BCUT2D eigenvalue weighted by molar-refractivity contribution is -0.157. The molecule has 0 spiro atoms. The first-order chi connectivity index (χ1) is 8.47. The first-order valence-corrected chi connectivity index (χ1v) is 6.29. The van der Waals surface area contributed by atoms with Gasteiger partial charge in [-0.25, -0.2) is 4.79 Å². The van der Waals surface area contributed by atoms with E-state index in [1.54, 1.807) is 25.1 Å². The van der Waals surface area contributed by atoms with Gasteiger partial charge in [0.05, 0.1) is 6.26 Å². The molecule has 1 atom stereocenters. The van der Waals surface area contributed by atoms with E-state index in [0.29, 0.717) is 22.9 Å². The normalized spacial score (nSPS) is 22.5. The molecule has 1 aliphatic heterocycles. The van der Waals surface area contributed by atoms with E-state index >= 15 is 0 Å². The van der Waals surface area contributed by atoms with Crippen LogP contribution >= 0.6 is 23.2 Å². The summed E-state index contributed by atoms with van der Waals surface area (Å²) in [5, 5.41) is 10.3. The molecule has 0 aromatic heterocycles. The van der Waals surface area contributed by atoms with Crippen LogP contribution in [0.25, 0.3) is 5.57 Å². The zero-order chi connectivity index (χ0) is 13.3. The molecule has 0 aliphatic carbocycles. The summed E-state index contributed by atoms with van der Waals surface area (Å²) in [7, 11) is 0. The minimum absolute atomic E-state index is 0.315. The van der Waals surface area contributed by atoms with Crippen LogP contribution in [-0.4, -0.2) is 16.7 Å². The molecule has 1 aromatic rings. The van der Waals surface area contributed by atoms with Gasteiger partial charge in [-0.05, 0) is 35.8 Å². The highest BCUT2D eigenvalue weighted by molar-refractivity contribution is 6.34. The Balaban J connectivity index is 2.30. The third-order valence-corrected chi connectivity index (χ3v) is 3.53. The SMILES string of the molecule is CCC1(C(=O)O)CC(c2cc(Cl)cc(Cl)c2)=CO1. The van der Waals surface area contributed by atoms with E-state index in [4.69, 9.17) is 27.9 Å². The zero-order valence-electron chi connectivity index (χ0n) is 9.74. The Kier molecular flexibility index (Phi) is 3.55. The molecular formula is C13H12Cl2O3. The maximum atomic E-state index is 11.3. The highest BCUT2D eigenvalue weighted by atomic mass is 35.5. The van der Waals surface area contributed by atoms with Gasteiger partial charge in [0, 0.05) is 16.5 Å². The molecule has 0 radical (unpaired) electrons. The molecule has 1 unspecified atom stereocenters. The van der Waals surface area contributed by atoms with Gasteiger partial charge in [0.1, 0.15) is 0 Å². The van der Waals surface area contributed by atoms with E-state index in [9.17, 15) is 9.90 Å². The quantitative estimate of drug-likeness (QED) is 0.914. The minimum atomic E-state index is -1.16. The van der Waals surface area contributed by atoms with Crippen LogP contribution in [0.2, 0.25) is 10.0 Å². The number of rotatable bonds is 3. The van der Waals surface area contributed by atoms with Crippen LogP contribution in [0.4, 0.5) is 0 Å². The fourth-order valence-electron chi connectivity index (χ4n) is 1.97. The van der Waals surface area contributed by atoms with E-state index < -0.39 is 11.6 Å². The van der Waals surface area contributed by atoms with Crippen molar-refractivity contribution in [1.82, 2.24) is 0 Å². The van der Waals surface area contributed by atoms with Crippen LogP contribution in [-0.2, 0) is 9.53 Å². The highest BCUT2D eigenvalue weighted by Gasteiger charge is 2.43. The summed E-state index contributed by atoms with van der Waals surface area (Å²) in [6.45, 7) is 1.79. The number of aliphatic carboxylic acids is 1. The Morgan fingerprint density at radius 3 is 2.44 bits per heavy atom. The van der Waals surface area contributed by atoms with Gasteiger partial charge < -0.3 is 9.84 Å². The van der Waals surface area contributed by atoms with Gasteiger partial charge in [0.2, 0.25) is 5.60 Å². The summed E-state index contributed by atoms with van der Waals surface area (Å²) in [4.78, 5) is 11.3. The number of carbonyl (C=O) groups is 1. The first kappa shape index (κ1) is 13.2. The monoisotopic (exact) mass is 286 g/mol. The number of ether oxygens (including phenoxy) is 1. The third-order valence-electron chi connectivity index (χ3n) is 3.10. The second-order valence-electron chi connectivity index (χ2n) is 4.25. The second-order valence-corrected chi connectivity index (χ2v) is 5.12. The molecule has 2 rings (SSSR count). The topological polar surface area (TPSA) is 46.5 Å². The number of benzene rings is 1. The molecule has 1 N–H and O–H groups in total. The van der Waals surface area contributed by atoms with Crippen LogP contribution in [0.1, 0.15) is 25.3 Å². The van der Waals surface area contributed by atoms with Crippen LogP contribution < -0.4 is 0 Å². The predicted molar refractivity (Wildman–Crippen MR) is 70.8 cm³/mol. The van der Waals surface area contributed by atoms with Gasteiger partial charge in [-0.3, -0.25) is 0 Å². The Morgan fingerprint density at radius 1 is 1.39 bits per heavy atom. The number of carboxylic acids is 1. The molecule has 0 fully saturated rings. The molecule has 0 saturated heterocycles. The van der Waals surface area contributed by atoms with E-state index in [0.717, 1.165) is 11.1 Å². The fraction of sp³-hybridized carbons (Fsp3) is 0.308. The van der Waals surface area contributed by atoms with Gasteiger partial charge in [-0.2, -0.15) is 0 Å². The Morgan fingerprint density at radius 2 is 2.00 bits per heavy atom. The van der Waals surface area contributed by atoms with Crippen molar-refractivity contribution in [2.24, 2.45) is 0 Å². The average Bonchev–Trinajstić information content (AvgIpc) is 2.73. The van der Waals surface area contributed by atoms with Crippen LogP contribution in [0.15, 0.2) is 24.5 Å². The average molecular weight is 287 g/mol. The number of halogens is 2. The van der Waals surface area contributed by atoms with E-state index in [1.165, 1.54) is 6.26 Å². The van der Waals surface area contributed by atoms with Crippen LogP contribution in [0, 0.1) is 0 Å². The molecule has 1 aromatic carbocycles. The van der Waals surface area contributed by atoms with Gasteiger partial charge in [-0.15, -0.1) is 0 Å². The molecule has 18 heavy (non-hydrogen) atoms. The summed E-state index contributed by atoms with van der Waals surface area (Å²) >= 11 is 11.9. The lowest BCUT2D eigenvalue weighted by Crippen LogP contribution is -2.37. The summed E-state index contributed by atoms with van der Waals surface area (Å²) in [6, 6.07) is 5.12. The molecule has 5 heteroatoms. The predicted octanol–water partition coefficient (Wildman–Crippen LogP) is 3.99. The molecule has 0 bridgehead atoms. The van der Waals surface area contributed by atoms with E-state index in [-0.39, 0.29) is 0 Å². The van der Waals surface area contributed by atoms with Crippen LogP contribution in [0.5, 0.6) is 0 Å². The van der Waals surface area contributed by atoms with Gasteiger partial charge >= 0.3 is 5.97 Å². The number of hydrogen-bond donors (Lipinski definition) is 1. The van der Waals surface area contributed by atoms with Crippen molar-refractivity contribution in [2.75, 3.05) is 0 Å². The van der Waals surface area contributed by atoms with Crippen molar-refractivity contribution < 1.29 is 14.6 Å². The summed E-state index contributed by atoms with van der Waals surface area (Å²) < 4.78 is 5.35. The van der Waals surface area contributed by atoms with Crippen molar-refractivity contribution in [1.29, 1.82) is 0 Å². The summed E-state index contributed by atoms with van der Waals surface area (Å²) in [5.41, 5.74) is 0.428. The molecule has 0 amide bonds. The van der Waals surface area contributed by atoms with E-state index in [2.05, 4.69) is 0 Å². The van der Waals surface area contributed by atoms with Crippen molar-refractivity contribution in [3.05, 3.63) is 40.1 Å². The molecular weight excluding hydrogens is 275 g/mol. The standard InChI is InChI=1S/C13H12Cl2O3/c1-2-13(12(16)17)6-9(7-18-13)8-3-10(14)5-11(15)4-8/h3-5,7H,2,6H2,1H3,(H,16,17). The Bertz CT molecular complexity index is 505. The third kappa shape index (κ3) is 2.33. The van der Waals surface area contributed by atoms with Gasteiger partial charge in [-0.1, -0.05) is 30.1 Å². The minimum Gasteiger partial charge on any atom is -0.483 e. The molecule has 96 valence electrons. The lowest BCUT2D eigenvalue weighted by atomic mass is 9.91. The first-order valence-electron chi connectivity index (χ1n) is 5.53. The van der Waals surface area contributed by atoms with E-state index in [1.807, 2.05) is 0 Å². The number of carboxylic acid groups (broad SMARTS) is 1. The number of hydrogen-bond acceptors (Lipinski definition) is 2. The molecule has 0 saturated carbocycles. The van der Waals surface area contributed by atoms with Crippen molar-refractivity contribution in [2.45, 2.75) is 25.4 Å². The Labute approximate surface area is 115 Å². The van der Waals surface area contributed by atoms with Crippen molar-refractivity contribution >= 4 is 34.7 Å². The van der Waals surface area contributed by atoms with Gasteiger partial charge in [0.15, 0.2) is 0 Å². The second kappa shape index (κ2) is 4.82. The summed E-state index contributed by atoms with van der Waals surface area (Å²) in [6.07, 6.45) is 2.20. The molecule has 1 heterocycles. The maximum Gasteiger partial charge on any atom is 0.348 e. The lowest BCUT2D eigenvalue weighted by Gasteiger charge is -2.21. The largest absolute Gasteiger partial charge is 0.483 e. The van der Waals surface area contributed by atoms with Gasteiger partial charge in [0.25, 0.3) is 0 Å². The maximum absolute atomic E-state index is 11.3. The van der Waals surface area contributed by atoms with Crippen LogP contribution in [0.3, 0.4) is 0 Å². The molecule has 1 aliphatic rings. The molecule has 3 nitrogen and oxygen atoms in total. The fourth-order valence-corrected chi connectivity index (χ4v) is 2.50. The van der Waals surface area contributed by atoms with Crippen molar-refractivity contribution in [3.63, 3.8) is 0 Å².